The van der Waals surface area contributed by atoms with Crippen LogP contribution in [-0.4, -0.2) is 8.94 Å². The summed E-state index contributed by atoms with van der Waals surface area (Å²) in [6, 6.07) is 0. The van der Waals surface area contributed by atoms with Crippen molar-refractivity contribution in [1.82, 2.24) is 8.94 Å². The van der Waals surface area contributed by atoms with Crippen molar-refractivity contribution < 1.29 is 0 Å². The van der Waals surface area contributed by atoms with Gasteiger partial charge in [-0.05, 0) is 0 Å². The minimum absolute atomic E-state index is 0.505. The molecule has 0 aromatic carbocycles. The lowest BCUT2D eigenvalue weighted by molar-refractivity contribution is 0.841. The first kappa shape index (κ1) is 6.09. The van der Waals surface area contributed by atoms with E-state index in [1.807, 2.05) is 0 Å². The van der Waals surface area contributed by atoms with Gasteiger partial charge in [0, 0.05) is 18.6 Å². The first-order valence-corrected chi connectivity index (χ1v) is 2.95. The van der Waals surface area contributed by atoms with Crippen molar-refractivity contribution in [3.8, 4) is 0 Å². The van der Waals surface area contributed by atoms with Gasteiger partial charge in [-0.2, -0.15) is 4.37 Å². The highest BCUT2D eigenvalue weighted by Crippen LogP contribution is 1.77. The number of aryl methyl sites for hydroxylation is 1. The Kier molecular flexibility index (Phi) is 1.69. The summed E-state index contributed by atoms with van der Waals surface area (Å²) >= 11 is 1.13. The quantitative estimate of drug-likeness (QED) is 0.413. The molecule has 0 fully saturated rings. The molecule has 0 radical (unpaired) electrons. The fourth-order valence-corrected chi connectivity index (χ4v) is 0.908. The lowest BCUT2D eigenvalue weighted by atomic mass is 11.1. The fourth-order valence-electron chi connectivity index (χ4n) is 0.379. The van der Waals surface area contributed by atoms with Crippen molar-refractivity contribution in [1.29, 1.82) is 0 Å². The molecule has 6 heteroatoms. The van der Waals surface area contributed by atoms with E-state index in [0.29, 0.717) is 4.80 Å². The number of nitrogens with zero attached hydrogens (tertiary/aromatic N) is 4. The van der Waals surface area contributed by atoms with E-state index in [-0.39, 0.29) is 0 Å². The molecule has 0 atom stereocenters. The number of hydrogen-bond acceptors (Lipinski definition) is 4. The maximum Gasteiger partial charge on any atom is 0.232 e. The molecule has 5 nitrogen and oxygen atoms in total. The van der Waals surface area contributed by atoms with Gasteiger partial charge in [0.2, 0.25) is 4.80 Å². The van der Waals surface area contributed by atoms with Gasteiger partial charge < -0.3 is 4.57 Å². The topological polar surface area (TPSA) is 59.6 Å². The summed E-state index contributed by atoms with van der Waals surface area (Å²) < 4.78 is 5.37. The number of nitroso groups, excluding NO2 is 1. The maximum absolute atomic E-state index is 9.57. The first-order chi connectivity index (χ1) is 4.34. The van der Waals surface area contributed by atoms with Crippen LogP contribution in [0.4, 0.5) is 0 Å². The molecule has 0 bridgehead atoms. The van der Waals surface area contributed by atoms with Gasteiger partial charge in [0.15, 0.2) is 0 Å². The second kappa shape index (κ2) is 2.49. The van der Waals surface area contributed by atoms with Crippen molar-refractivity contribution in [2.45, 2.75) is 0 Å². The van der Waals surface area contributed by atoms with Crippen LogP contribution in [0.1, 0.15) is 0 Å². The van der Waals surface area contributed by atoms with Gasteiger partial charge in [0.1, 0.15) is 6.33 Å². The minimum Gasteiger partial charge on any atom is -0.308 e. The van der Waals surface area contributed by atoms with Crippen LogP contribution in [0.5, 0.6) is 0 Å². The smallest absolute Gasteiger partial charge is 0.232 e. The molecule has 0 saturated heterocycles. The summed E-state index contributed by atoms with van der Waals surface area (Å²) in [6.07, 6.45) is 1.56. The van der Waals surface area contributed by atoms with Gasteiger partial charge in [0.25, 0.3) is 0 Å². The standard InChI is InChI=1S/C3H4N4OS/c1-7-2-4-9-3(7)5-6-8/h2H,1H3. The summed E-state index contributed by atoms with van der Waals surface area (Å²) in [7, 11) is 1.74. The second-order valence-electron chi connectivity index (χ2n) is 1.39. The third-order valence-corrected chi connectivity index (χ3v) is 1.52. The summed E-state index contributed by atoms with van der Waals surface area (Å²) in [5, 5.41) is 5.62. The molecule has 0 aliphatic heterocycles. The van der Waals surface area contributed by atoms with E-state index in [9.17, 15) is 4.91 Å². The van der Waals surface area contributed by atoms with Gasteiger partial charge in [0.05, 0.1) is 5.29 Å². The molecule has 0 saturated carbocycles. The van der Waals surface area contributed by atoms with E-state index < -0.39 is 0 Å². The van der Waals surface area contributed by atoms with Crippen LogP contribution in [0.3, 0.4) is 0 Å². The monoisotopic (exact) mass is 144 g/mol. The summed E-state index contributed by atoms with van der Waals surface area (Å²) in [4.78, 5) is 10.1. The van der Waals surface area contributed by atoms with Crippen LogP contribution in [0.2, 0.25) is 0 Å². The molecule has 1 heterocycles. The predicted octanol–water partition coefficient (Wildman–Crippen LogP) is 0.0637. The Hall–Kier alpha value is -1.04. The molecular weight excluding hydrogens is 140 g/mol. The maximum atomic E-state index is 9.57. The van der Waals surface area contributed by atoms with Crippen LogP contribution >= 0.6 is 11.5 Å². The molecule has 0 aliphatic carbocycles. The molecule has 0 aliphatic rings. The van der Waals surface area contributed by atoms with Crippen LogP contribution in [-0.2, 0) is 7.05 Å². The highest BCUT2D eigenvalue weighted by atomic mass is 32.1. The highest BCUT2D eigenvalue weighted by Gasteiger charge is 1.86. The van der Waals surface area contributed by atoms with E-state index in [0.717, 1.165) is 11.5 Å². The van der Waals surface area contributed by atoms with Gasteiger partial charge in [-0.3, -0.25) is 0 Å². The van der Waals surface area contributed by atoms with Crippen LogP contribution in [0.15, 0.2) is 16.7 Å². The lowest BCUT2D eigenvalue weighted by Crippen LogP contribution is -2.07. The normalized spacial score (nSPS) is 11.9. The Morgan fingerprint density at radius 3 is 3.11 bits per heavy atom. The van der Waals surface area contributed by atoms with Crippen molar-refractivity contribution in [2.24, 2.45) is 17.4 Å². The molecule has 1 aromatic rings. The Morgan fingerprint density at radius 2 is 2.67 bits per heavy atom. The molecule has 0 spiro atoms. The average Bonchev–Trinajstić information content (AvgIpc) is 2.18. The van der Waals surface area contributed by atoms with Gasteiger partial charge in [-0.25, -0.2) is 0 Å². The third kappa shape index (κ3) is 1.20. The van der Waals surface area contributed by atoms with Crippen LogP contribution < -0.4 is 4.80 Å². The lowest BCUT2D eigenvalue weighted by Gasteiger charge is -1.79. The fraction of sp³-hybridized carbons (Fsp3) is 0.333. The Bertz CT molecular complexity index is 261. The zero-order valence-corrected chi connectivity index (χ0v) is 5.50. The molecule has 0 amide bonds. The van der Waals surface area contributed by atoms with Crippen LogP contribution in [0, 0.1) is 4.91 Å². The Balaban J connectivity index is 3.22. The summed E-state index contributed by atoms with van der Waals surface area (Å²) in [5.41, 5.74) is 0. The summed E-state index contributed by atoms with van der Waals surface area (Å²) in [6.45, 7) is 0. The van der Waals surface area contributed by atoms with Gasteiger partial charge in [-0.1, -0.05) is 5.10 Å². The molecule has 1 aromatic heterocycles. The zero-order valence-electron chi connectivity index (χ0n) is 4.68. The minimum atomic E-state index is 0.505. The van der Waals surface area contributed by atoms with Crippen molar-refractivity contribution in [3.63, 3.8) is 0 Å². The SMILES string of the molecule is Cn1cnsc1=NN=O. The third-order valence-electron chi connectivity index (χ3n) is 0.783. The molecule has 1 rings (SSSR count). The molecule has 9 heavy (non-hydrogen) atoms. The van der Waals surface area contributed by atoms with E-state index in [4.69, 9.17) is 0 Å². The Labute approximate surface area is 54.8 Å². The summed E-state index contributed by atoms with van der Waals surface area (Å²) in [5.74, 6) is 0. The number of aromatic nitrogens is 2. The van der Waals surface area contributed by atoms with E-state index in [2.05, 4.69) is 14.8 Å². The van der Waals surface area contributed by atoms with E-state index in [1.165, 1.54) is 0 Å². The largest absolute Gasteiger partial charge is 0.308 e. The number of rotatable bonds is 1. The van der Waals surface area contributed by atoms with Crippen LogP contribution in [0.25, 0.3) is 0 Å². The molecule has 0 N–H and O–H groups in total. The second-order valence-corrected chi connectivity index (χ2v) is 2.15. The average molecular weight is 144 g/mol. The highest BCUT2D eigenvalue weighted by molar-refractivity contribution is 7.02. The van der Waals surface area contributed by atoms with Crippen molar-refractivity contribution in [3.05, 3.63) is 16.0 Å². The molecular formula is C3H4N4OS. The molecule has 48 valence electrons. The number of hydrogen-bond donors (Lipinski definition) is 0. The zero-order chi connectivity index (χ0) is 6.69. The van der Waals surface area contributed by atoms with Gasteiger partial charge in [-0.15, -0.1) is 4.91 Å². The first-order valence-electron chi connectivity index (χ1n) is 2.18. The van der Waals surface area contributed by atoms with Crippen molar-refractivity contribution >= 4 is 11.5 Å². The predicted molar refractivity (Wildman–Crippen MR) is 32.4 cm³/mol. The van der Waals surface area contributed by atoms with E-state index in [1.54, 1.807) is 17.9 Å². The Morgan fingerprint density at radius 1 is 1.89 bits per heavy atom. The van der Waals surface area contributed by atoms with Gasteiger partial charge >= 0.3 is 0 Å². The molecule has 0 unspecified atom stereocenters. The van der Waals surface area contributed by atoms with Crippen molar-refractivity contribution in [2.75, 3.05) is 0 Å². The van der Waals surface area contributed by atoms with E-state index >= 15 is 0 Å².